The number of hydrazine groups is 2. The Balaban J connectivity index is 1.22. The molecule has 2 saturated heterocycles. The quantitative estimate of drug-likeness (QED) is 0.0218. The number of ketones is 3. The van der Waals surface area contributed by atoms with Crippen LogP contribution in [0.1, 0.15) is 67.2 Å². The lowest BCUT2D eigenvalue weighted by Gasteiger charge is -2.42. The van der Waals surface area contributed by atoms with E-state index in [1.54, 1.807) is 7.11 Å². The number of carbonyl (C=O) groups excluding carboxylic acids is 5. The Hall–Kier alpha value is -2.87. The summed E-state index contributed by atoms with van der Waals surface area (Å²) in [7, 11) is 1.64. The maximum absolute atomic E-state index is 12.7. The van der Waals surface area contributed by atoms with E-state index >= 15 is 0 Å². The number of epoxide rings is 2. The number of rotatable bonds is 27. The Morgan fingerprint density at radius 3 is 2.17 bits per heavy atom. The molecule has 0 aromatic rings. The van der Waals surface area contributed by atoms with Gasteiger partial charge in [0, 0.05) is 20.2 Å². The van der Waals surface area contributed by atoms with Crippen LogP contribution < -0.4 is 32.3 Å². The van der Waals surface area contributed by atoms with Gasteiger partial charge in [-0.05, 0) is 59.3 Å². The number of hydrogen-bond donors (Lipinski definition) is 6. The Kier molecular flexibility index (Phi) is 18.4. The third-order valence-corrected chi connectivity index (χ3v) is 9.49. The molecule has 0 aromatic carbocycles. The van der Waals surface area contributed by atoms with E-state index in [0.717, 1.165) is 12.8 Å². The molecule has 17 heteroatoms. The molecule has 3 rings (SSSR count). The molecule has 53 heavy (non-hydrogen) atoms. The van der Waals surface area contributed by atoms with E-state index in [0.29, 0.717) is 32.7 Å². The normalized spacial score (nSPS) is 26.5. The van der Waals surface area contributed by atoms with E-state index in [1.807, 2.05) is 13.8 Å². The van der Waals surface area contributed by atoms with Gasteiger partial charge in [-0.25, -0.2) is 21.1 Å². The lowest BCUT2D eigenvalue weighted by molar-refractivity contribution is -0.137. The zero-order valence-electron chi connectivity index (χ0n) is 32.4. The van der Waals surface area contributed by atoms with Crippen molar-refractivity contribution in [3.63, 3.8) is 0 Å². The molecule has 2 heterocycles. The van der Waals surface area contributed by atoms with Crippen LogP contribution in [0.5, 0.6) is 0 Å². The Labute approximate surface area is 313 Å². The maximum Gasteiger partial charge on any atom is 0.407 e. The van der Waals surface area contributed by atoms with Crippen molar-refractivity contribution in [1.82, 2.24) is 32.3 Å². The molecule has 6 N–H and O–H groups in total. The van der Waals surface area contributed by atoms with Gasteiger partial charge < -0.3 is 39.1 Å². The van der Waals surface area contributed by atoms with Crippen LogP contribution in [0.25, 0.3) is 0 Å². The van der Waals surface area contributed by atoms with Crippen molar-refractivity contribution < 1.29 is 52.4 Å². The van der Waals surface area contributed by atoms with Crippen LogP contribution in [0.3, 0.4) is 0 Å². The molecule has 3 aliphatic rings. The molecule has 302 valence electrons. The number of hydrogen-bond acceptors (Lipinski definition) is 15. The highest BCUT2D eigenvalue weighted by molar-refractivity contribution is 6.39. The van der Waals surface area contributed by atoms with Gasteiger partial charge in [-0.15, -0.1) is 0 Å². The van der Waals surface area contributed by atoms with Crippen molar-refractivity contribution in [2.45, 2.75) is 103 Å². The molecular formula is C36H62N6O11. The summed E-state index contributed by atoms with van der Waals surface area (Å²) < 4.78 is 35.0. The standard InChI is InChI=1S/C36H62N6O11/c1-23(2)8-9-29-35(6,53-29)33-32(48-7)28(10-11-36(33)22-51-36)52-34(47)38-13-15-50-17-16-49-14-12-37-30(45)21-41-42-26(18-24(3)4)31(46)27(44)20-40-39-19-25(5)43/h8,24,26,28-29,32-33,39-42H,9-22H2,1-7H3,(H,37,45)(H,38,47)/t26-,28?,29+,32?,33?,35?,36-/m0/s1. The molecule has 2 aliphatic heterocycles. The zero-order chi connectivity index (χ0) is 39.0. The van der Waals surface area contributed by atoms with Crippen LogP contribution in [-0.4, -0.2) is 138 Å². The smallest absolute Gasteiger partial charge is 0.407 e. The van der Waals surface area contributed by atoms with Crippen molar-refractivity contribution in [2.24, 2.45) is 11.8 Å². The zero-order valence-corrected chi connectivity index (χ0v) is 32.4. The highest BCUT2D eigenvalue weighted by Gasteiger charge is 2.72. The van der Waals surface area contributed by atoms with Crippen molar-refractivity contribution in [2.75, 3.05) is 72.9 Å². The molecule has 0 aromatic heterocycles. The Morgan fingerprint density at radius 1 is 0.906 bits per heavy atom. The summed E-state index contributed by atoms with van der Waals surface area (Å²) in [6, 6.07) is -0.815. The summed E-state index contributed by atoms with van der Waals surface area (Å²) in [5.41, 5.74) is 11.2. The van der Waals surface area contributed by atoms with Gasteiger partial charge in [-0.3, -0.25) is 24.6 Å². The second kappa shape index (κ2) is 21.9. The second-order valence-electron chi connectivity index (χ2n) is 14.7. The van der Waals surface area contributed by atoms with Crippen LogP contribution in [0.2, 0.25) is 0 Å². The topological polar surface area (TPSA) is 220 Å². The number of methoxy groups -OCH3 is 1. The highest BCUT2D eigenvalue weighted by atomic mass is 16.6. The van der Waals surface area contributed by atoms with Crippen LogP contribution >= 0.6 is 0 Å². The van der Waals surface area contributed by atoms with Crippen molar-refractivity contribution >= 4 is 29.4 Å². The molecule has 1 saturated carbocycles. The first-order chi connectivity index (χ1) is 25.2. The predicted molar refractivity (Wildman–Crippen MR) is 194 cm³/mol. The minimum atomic E-state index is -0.815. The highest BCUT2D eigenvalue weighted by Crippen LogP contribution is 2.59. The number of ether oxygens (including phenoxy) is 6. The van der Waals surface area contributed by atoms with E-state index in [9.17, 15) is 24.0 Å². The average molecular weight is 755 g/mol. The summed E-state index contributed by atoms with van der Waals surface area (Å²) in [5, 5.41) is 5.44. The first-order valence-electron chi connectivity index (χ1n) is 18.6. The van der Waals surface area contributed by atoms with E-state index < -0.39 is 35.4 Å². The molecule has 7 atom stereocenters. The molecule has 4 unspecified atom stereocenters. The van der Waals surface area contributed by atoms with Crippen molar-refractivity contribution in [3.05, 3.63) is 11.6 Å². The third kappa shape index (κ3) is 14.7. The summed E-state index contributed by atoms with van der Waals surface area (Å²) in [5.74, 6) is -1.66. The molecular weight excluding hydrogens is 692 g/mol. The summed E-state index contributed by atoms with van der Waals surface area (Å²) in [6.07, 6.45) is 3.57. The van der Waals surface area contributed by atoms with Gasteiger partial charge in [0.25, 0.3) is 0 Å². The van der Waals surface area contributed by atoms with Gasteiger partial charge in [-0.2, -0.15) is 0 Å². The second-order valence-corrected chi connectivity index (χ2v) is 14.7. The summed E-state index contributed by atoms with van der Waals surface area (Å²) in [4.78, 5) is 60.7. The summed E-state index contributed by atoms with van der Waals surface area (Å²) >= 11 is 0. The largest absolute Gasteiger partial charge is 0.443 e. The molecule has 0 radical (unpaired) electrons. The van der Waals surface area contributed by atoms with E-state index in [-0.39, 0.29) is 87.3 Å². The fraction of sp³-hybridized carbons (Fsp3) is 0.806. The number of allylic oxidation sites excluding steroid dienone is 1. The molecule has 0 bridgehead atoms. The van der Waals surface area contributed by atoms with E-state index in [2.05, 4.69) is 59.2 Å². The van der Waals surface area contributed by atoms with Crippen molar-refractivity contribution in [3.8, 4) is 0 Å². The molecule has 3 fully saturated rings. The number of amides is 2. The monoisotopic (exact) mass is 754 g/mol. The van der Waals surface area contributed by atoms with Gasteiger partial charge >= 0.3 is 6.09 Å². The van der Waals surface area contributed by atoms with Crippen LogP contribution in [0.15, 0.2) is 11.6 Å². The van der Waals surface area contributed by atoms with Gasteiger partial charge in [-0.1, -0.05) is 25.5 Å². The maximum atomic E-state index is 12.7. The van der Waals surface area contributed by atoms with Gasteiger partial charge in [0.05, 0.1) is 70.7 Å². The summed E-state index contributed by atoms with van der Waals surface area (Å²) in [6.45, 7) is 13.4. The van der Waals surface area contributed by atoms with E-state index in [4.69, 9.17) is 28.4 Å². The van der Waals surface area contributed by atoms with Gasteiger partial charge in [0.2, 0.25) is 17.5 Å². The minimum absolute atomic E-state index is 0.0340. The fourth-order valence-electron chi connectivity index (χ4n) is 6.69. The third-order valence-electron chi connectivity index (χ3n) is 9.49. The number of carbonyl (C=O) groups is 5. The number of nitrogens with one attached hydrogen (secondary N) is 6. The van der Waals surface area contributed by atoms with Crippen LogP contribution in [0, 0.1) is 11.8 Å². The lowest BCUT2D eigenvalue weighted by atomic mass is 9.68. The number of Topliss-reactive ketones (excluding diaryl/α,β-unsaturated/α-hetero) is 3. The Bertz CT molecular complexity index is 1260. The molecule has 1 spiro atoms. The van der Waals surface area contributed by atoms with Gasteiger partial charge in [0.1, 0.15) is 29.2 Å². The lowest BCUT2D eigenvalue weighted by Crippen LogP contribution is -2.56. The van der Waals surface area contributed by atoms with Gasteiger partial charge in [0.15, 0.2) is 0 Å². The first-order valence-corrected chi connectivity index (χ1v) is 18.6. The SMILES string of the molecule is COC1C(OC(=O)NCCOCCOCCNC(=O)CNN[C@@H](CC(C)C)C(=O)C(=O)CNNCC(C)=O)CC[C@]2(CO2)C1C1(C)O[C@@H]1CC=C(C)C. The predicted octanol–water partition coefficient (Wildman–Crippen LogP) is 0.269. The average Bonchev–Trinajstić information content (AvgIpc) is 4.02. The Morgan fingerprint density at radius 2 is 1.57 bits per heavy atom. The van der Waals surface area contributed by atoms with Crippen LogP contribution in [-0.2, 0) is 47.6 Å². The fourth-order valence-corrected chi connectivity index (χ4v) is 6.69. The molecule has 2 amide bonds. The first kappa shape index (κ1) is 44.5. The molecule has 17 nitrogen and oxygen atoms in total. The van der Waals surface area contributed by atoms with Crippen LogP contribution in [0.4, 0.5) is 4.79 Å². The number of alkyl carbamates (subject to hydrolysis) is 1. The van der Waals surface area contributed by atoms with Crippen molar-refractivity contribution in [1.29, 1.82) is 0 Å². The minimum Gasteiger partial charge on any atom is -0.443 e. The van der Waals surface area contributed by atoms with E-state index in [1.165, 1.54) is 12.5 Å². The molecule has 1 aliphatic carbocycles.